The highest BCUT2D eigenvalue weighted by Gasteiger charge is 2.35. The summed E-state index contributed by atoms with van der Waals surface area (Å²) in [5.41, 5.74) is 6.80. The maximum atomic E-state index is 13.2. The number of carbonyl (C=O) groups excluding carboxylic acids is 1. The number of carbonyl (C=O) groups is 1. The van der Waals surface area contributed by atoms with E-state index in [4.69, 9.17) is 11.0 Å². The molecule has 1 aliphatic carbocycles. The summed E-state index contributed by atoms with van der Waals surface area (Å²) in [5, 5.41) is 12.2. The van der Waals surface area contributed by atoms with Gasteiger partial charge in [0.05, 0.1) is 11.9 Å². The number of benzene rings is 1. The zero-order valence-electron chi connectivity index (χ0n) is 14.7. The molecule has 0 radical (unpaired) electrons. The first kappa shape index (κ1) is 19.1. The molecule has 1 aliphatic rings. The van der Waals surface area contributed by atoms with Gasteiger partial charge in [0.1, 0.15) is 23.3 Å². The molecule has 1 saturated carbocycles. The second-order valence-electron chi connectivity index (χ2n) is 6.62. The zero-order chi connectivity index (χ0) is 19.3. The fourth-order valence-electron chi connectivity index (χ4n) is 3.41. The fourth-order valence-corrected chi connectivity index (χ4v) is 4.06. The number of nitriles is 1. The number of hydrogen-bond donors (Lipinski definition) is 2. The van der Waals surface area contributed by atoms with Crippen LogP contribution in [-0.4, -0.2) is 28.2 Å². The van der Waals surface area contributed by atoms with Crippen LogP contribution >= 0.6 is 11.8 Å². The smallest absolute Gasteiger partial charge is 0.230 e. The lowest BCUT2D eigenvalue weighted by atomic mass is 9.79. The van der Waals surface area contributed by atoms with Crippen LogP contribution in [0, 0.1) is 17.1 Å². The van der Waals surface area contributed by atoms with Crippen LogP contribution in [0.5, 0.6) is 0 Å². The number of nitrogens with zero attached hydrogens (tertiary/aromatic N) is 3. The van der Waals surface area contributed by atoms with Gasteiger partial charge in [-0.2, -0.15) is 5.26 Å². The Labute approximate surface area is 161 Å². The molecule has 0 bridgehead atoms. The first-order chi connectivity index (χ1) is 13.0. The number of rotatable bonds is 6. The maximum absolute atomic E-state index is 13.2. The van der Waals surface area contributed by atoms with Gasteiger partial charge < -0.3 is 11.1 Å². The van der Waals surface area contributed by atoms with Gasteiger partial charge in [-0.05, 0) is 30.5 Å². The Kier molecular flexibility index (Phi) is 5.91. The Morgan fingerprint density at radius 3 is 2.67 bits per heavy atom. The first-order valence-electron chi connectivity index (χ1n) is 8.71. The monoisotopic (exact) mass is 385 g/mol. The summed E-state index contributed by atoms with van der Waals surface area (Å²) in [7, 11) is 0. The largest absolute Gasteiger partial charge is 0.382 e. The third-order valence-electron chi connectivity index (χ3n) is 4.89. The van der Waals surface area contributed by atoms with E-state index >= 15 is 0 Å². The third-order valence-corrected chi connectivity index (χ3v) is 5.75. The molecule has 1 fully saturated rings. The predicted octanol–water partition coefficient (Wildman–Crippen LogP) is 2.79. The molecule has 3 rings (SSSR count). The molecule has 27 heavy (non-hydrogen) atoms. The van der Waals surface area contributed by atoms with Crippen LogP contribution < -0.4 is 11.1 Å². The number of nitrogens with two attached hydrogens (primary N) is 1. The highest BCUT2D eigenvalue weighted by molar-refractivity contribution is 7.99. The Hall–Kier alpha value is -2.66. The number of nitrogens with one attached hydrogen (secondary N) is 1. The summed E-state index contributed by atoms with van der Waals surface area (Å²) in [6.45, 7) is 0.522. The number of anilines is 1. The van der Waals surface area contributed by atoms with Crippen molar-refractivity contribution in [3.63, 3.8) is 0 Å². The van der Waals surface area contributed by atoms with E-state index in [1.807, 2.05) is 18.2 Å². The minimum Gasteiger partial charge on any atom is -0.382 e. The molecule has 2 aromatic rings. The van der Waals surface area contributed by atoms with E-state index in [1.165, 1.54) is 30.1 Å². The van der Waals surface area contributed by atoms with E-state index in [0.717, 1.165) is 31.2 Å². The molecule has 0 atom stereocenters. The van der Waals surface area contributed by atoms with Gasteiger partial charge in [-0.1, -0.05) is 36.7 Å². The van der Waals surface area contributed by atoms with Crippen LogP contribution in [0.2, 0.25) is 0 Å². The molecule has 0 aliphatic heterocycles. The number of thioether (sulfide) groups is 1. The van der Waals surface area contributed by atoms with Crippen LogP contribution in [0.25, 0.3) is 0 Å². The lowest BCUT2D eigenvalue weighted by molar-refractivity contribution is -0.118. The van der Waals surface area contributed by atoms with E-state index in [9.17, 15) is 9.18 Å². The van der Waals surface area contributed by atoms with Gasteiger partial charge in [-0.25, -0.2) is 14.4 Å². The van der Waals surface area contributed by atoms with Gasteiger partial charge in [0.25, 0.3) is 0 Å². The van der Waals surface area contributed by atoms with Crippen molar-refractivity contribution in [2.75, 3.05) is 18.0 Å². The van der Waals surface area contributed by atoms with Gasteiger partial charge in [-0.15, -0.1) is 0 Å². The summed E-state index contributed by atoms with van der Waals surface area (Å²) < 4.78 is 13.2. The highest BCUT2D eigenvalue weighted by Crippen LogP contribution is 2.40. The van der Waals surface area contributed by atoms with Crippen LogP contribution in [0.4, 0.5) is 10.2 Å². The van der Waals surface area contributed by atoms with E-state index in [2.05, 4.69) is 15.3 Å². The van der Waals surface area contributed by atoms with Crippen LogP contribution in [0.3, 0.4) is 0 Å². The number of hydrogen-bond acceptors (Lipinski definition) is 6. The van der Waals surface area contributed by atoms with E-state index in [-0.39, 0.29) is 34.3 Å². The SMILES string of the molecule is N#Cc1cnc(SCC(=O)NCC2(c3ccc(F)cc3)CCCC2)nc1N. The van der Waals surface area contributed by atoms with Crippen molar-refractivity contribution in [2.24, 2.45) is 0 Å². The average Bonchev–Trinajstić information content (AvgIpc) is 3.15. The quantitative estimate of drug-likeness (QED) is 0.585. The molecule has 140 valence electrons. The number of nitrogen functional groups attached to an aromatic ring is 1. The number of halogens is 1. The molecular formula is C19H20FN5OS. The predicted molar refractivity (Wildman–Crippen MR) is 101 cm³/mol. The third kappa shape index (κ3) is 4.55. The number of aromatic nitrogens is 2. The van der Waals surface area contributed by atoms with Crippen LogP contribution in [-0.2, 0) is 10.2 Å². The van der Waals surface area contributed by atoms with E-state index in [1.54, 1.807) is 0 Å². The lowest BCUT2D eigenvalue weighted by Gasteiger charge is -2.30. The summed E-state index contributed by atoms with van der Waals surface area (Å²) >= 11 is 1.17. The molecule has 1 aromatic carbocycles. The molecule has 6 nitrogen and oxygen atoms in total. The molecule has 0 spiro atoms. The van der Waals surface area contributed by atoms with Crippen molar-refractivity contribution < 1.29 is 9.18 Å². The lowest BCUT2D eigenvalue weighted by Crippen LogP contribution is -2.39. The summed E-state index contributed by atoms with van der Waals surface area (Å²) in [6.07, 6.45) is 5.49. The second-order valence-corrected chi connectivity index (χ2v) is 7.57. The fraction of sp³-hybridized carbons (Fsp3) is 0.368. The van der Waals surface area contributed by atoms with Gasteiger partial charge in [0, 0.05) is 12.0 Å². The first-order valence-corrected chi connectivity index (χ1v) is 9.69. The highest BCUT2D eigenvalue weighted by atomic mass is 32.2. The van der Waals surface area contributed by atoms with Gasteiger partial charge in [0.15, 0.2) is 5.16 Å². The standard InChI is InChI=1S/C19H20FN5OS/c20-15-5-3-14(4-6-15)19(7-1-2-8-19)12-24-16(26)11-27-18-23-10-13(9-21)17(22)25-18/h3-6,10H,1-2,7-8,11-12H2,(H,24,26)(H2,22,23,25). The molecular weight excluding hydrogens is 365 g/mol. The minimum atomic E-state index is -0.256. The van der Waals surface area contributed by atoms with Crippen molar-refractivity contribution in [3.05, 3.63) is 47.4 Å². The van der Waals surface area contributed by atoms with E-state index in [0.29, 0.717) is 11.7 Å². The topological polar surface area (TPSA) is 105 Å². The normalized spacial score (nSPS) is 15.3. The van der Waals surface area contributed by atoms with Crippen LogP contribution in [0.1, 0.15) is 36.8 Å². The molecule has 8 heteroatoms. The average molecular weight is 385 g/mol. The van der Waals surface area contributed by atoms with Crippen molar-refractivity contribution in [1.82, 2.24) is 15.3 Å². The number of amides is 1. The van der Waals surface area contributed by atoms with Crippen molar-refractivity contribution >= 4 is 23.5 Å². The molecule has 0 unspecified atom stereocenters. The minimum absolute atomic E-state index is 0.108. The Bertz CT molecular complexity index is 859. The summed E-state index contributed by atoms with van der Waals surface area (Å²) in [4.78, 5) is 20.3. The van der Waals surface area contributed by atoms with Crippen molar-refractivity contribution in [3.8, 4) is 6.07 Å². The molecule has 1 heterocycles. The van der Waals surface area contributed by atoms with Gasteiger partial charge in [0.2, 0.25) is 5.91 Å². The Balaban J connectivity index is 1.58. The molecule has 1 aromatic heterocycles. The Morgan fingerprint density at radius 1 is 1.33 bits per heavy atom. The zero-order valence-corrected chi connectivity index (χ0v) is 15.6. The van der Waals surface area contributed by atoms with E-state index < -0.39 is 0 Å². The maximum Gasteiger partial charge on any atom is 0.230 e. The van der Waals surface area contributed by atoms with Crippen molar-refractivity contribution in [2.45, 2.75) is 36.3 Å². The van der Waals surface area contributed by atoms with Gasteiger partial charge in [-0.3, -0.25) is 4.79 Å². The molecule has 0 saturated heterocycles. The molecule has 3 N–H and O–H groups in total. The van der Waals surface area contributed by atoms with Crippen LogP contribution in [0.15, 0.2) is 35.6 Å². The van der Waals surface area contributed by atoms with Gasteiger partial charge >= 0.3 is 0 Å². The Morgan fingerprint density at radius 2 is 2.04 bits per heavy atom. The molecule has 1 amide bonds. The van der Waals surface area contributed by atoms with Crippen molar-refractivity contribution in [1.29, 1.82) is 5.26 Å². The summed E-state index contributed by atoms with van der Waals surface area (Å²) in [5.74, 6) is -0.115. The second kappa shape index (κ2) is 8.35. The summed E-state index contributed by atoms with van der Waals surface area (Å²) in [6, 6.07) is 8.47.